The van der Waals surface area contributed by atoms with Gasteiger partial charge >= 0.3 is 5.97 Å². The zero-order valence-electron chi connectivity index (χ0n) is 15.6. The summed E-state index contributed by atoms with van der Waals surface area (Å²) in [5, 5.41) is 9.10. The molecule has 8 heteroatoms. The Labute approximate surface area is 158 Å². The second-order valence-corrected chi connectivity index (χ2v) is 6.80. The molecule has 2 aliphatic heterocycles. The topological polar surface area (TPSA) is 88.5 Å². The average Bonchev–Trinajstić information content (AvgIpc) is 3.04. The number of hydrogen-bond acceptors (Lipinski definition) is 6. The predicted molar refractivity (Wildman–Crippen MR) is 96.9 cm³/mol. The Morgan fingerprint density at radius 3 is 2.74 bits per heavy atom. The van der Waals surface area contributed by atoms with Crippen molar-refractivity contribution in [1.82, 2.24) is 9.80 Å². The standard InChI is InChI=1S/C19H26N2O6/c1-25-16-3-2-14(12-21-13-15(19(23)24)11-18(21)22)10-17(16)27-9-6-20-4-7-26-8-5-20/h2-3,10,15H,4-9,11-13H2,1H3,(H,23,24). The molecule has 1 aromatic carbocycles. The third kappa shape index (κ3) is 5.11. The number of methoxy groups -OCH3 is 1. The van der Waals surface area contributed by atoms with Gasteiger partial charge in [0.25, 0.3) is 0 Å². The number of amides is 1. The SMILES string of the molecule is COc1ccc(CN2CC(C(=O)O)CC2=O)cc1OCCN1CCOCC1. The van der Waals surface area contributed by atoms with Crippen molar-refractivity contribution < 1.29 is 28.9 Å². The van der Waals surface area contributed by atoms with Crippen molar-refractivity contribution in [1.29, 1.82) is 0 Å². The van der Waals surface area contributed by atoms with Crippen LogP contribution < -0.4 is 9.47 Å². The highest BCUT2D eigenvalue weighted by Gasteiger charge is 2.34. The van der Waals surface area contributed by atoms with Crippen molar-refractivity contribution in [3.63, 3.8) is 0 Å². The summed E-state index contributed by atoms with van der Waals surface area (Å²) in [7, 11) is 1.59. The second-order valence-electron chi connectivity index (χ2n) is 6.80. The van der Waals surface area contributed by atoms with E-state index >= 15 is 0 Å². The van der Waals surface area contributed by atoms with Gasteiger partial charge < -0.3 is 24.2 Å². The van der Waals surface area contributed by atoms with Gasteiger partial charge in [-0.05, 0) is 17.7 Å². The number of hydrogen-bond donors (Lipinski definition) is 1. The maximum absolute atomic E-state index is 12.0. The van der Waals surface area contributed by atoms with Crippen molar-refractivity contribution in [2.45, 2.75) is 13.0 Å². The Morgan fingerprint density at radius 1 is 1.30 bits per heavy atom. The lowest BCUT2D eigenvalue weighted by Crippen LogP contribution is -2.38. The summed E-state index contributed by atoms with van der Waals surface area (Å²) in [4.78, 5) is 27.0. The molecule has 1 unspecified atom stereocenters. The molecule has 1 aromatic rings. The molecule has 2 saturated heterocycles. The molecule has 1 N–H and O–H groups in total. The van der Waals surface area contributed by atoms with Crippen LogP contribution in [0.15, 0.2) is 18.2 Å². The van der Waals surface area contributed by atoms with Crippen LogP contribution >= 0.6 is 0 Å². The third-order valence-corrected chi connectivity index (χ3v) is 4.93. The Hall–Kier alpha value is -2.32. The lowest BCUT2D eigenvalue weighted by atomic mass is 10.1. The molecule has 0 bridgehead atoms. The number of ether oxygens (including phenoxy) is 3. The van der Waals surface area contributed by atoms with E-state index in [0.29, 0.717) is 24.7 Å². The van der Waals surface area contributed by atoms with Gasteiger partial charge in [0.2, 0.25) is 5.91 Å². The maximum atomic E-state index is 12.0. The van der Waals surface area contributed by atoms with Gasteiger partial charge in [0.15, 0.2) is 11.5 Å². The van der Waals surface area contributed by atoms with E-state index in [1.54, 1.807) is 12.0 Å². The van der Waals surface area contributed by atoms with Crippen molar-refractivity contribution >= 4 is 11.9 Å². The van der Waals surface area contributed by atoms with Crippen LogP contribution in [-0.2, 0) is 20.9 Å². The lowest BCUT2D eigenvalue weighted by molar-refractivity contribution is -0.141. The summed E-state index contributed by atoms with van der Waals surface area (Å²) in [6.07, 6.45) is 0.0639. The molecule has 0 aromatic heterocycles. The van der Waals surface area contributed by atoms with E-state index in [-0.39, 0.29) is 18.9 Å². The first-order valence-electron chi connectivity index (χ1n) is 9.17. The molecular formula is C19H26N2O6. The summed E-state index contributed by atoms with van der Waals surface area (Å²) < 4.78 is 16.6. The first-order valence-corrected chi connectivity index (χ1v) is 9.17. The van der Waals surface area contributed by atoms with Crippen LogP contribution in [-0.4, -0.2) is 79.9 Å². The van der Waals surface area contributed by atoms with E-state index in [0.717, 1.165) is 38.4 Å². The van der Waals surface area contributed by atoms with Gasteiger partial charge in [-0.1, -0.05) is 6.07 Å². The van der Waals surface area contributed by atoms with E-state index in [4.69, 9.17) is 19.3 Å². The number of rotatable bonds is 8. The van der Waals surface area contributed by atoms with Gasteiger partial charge in [0.1, 0.15) is 6.61 Å². The Morgan fingerprint density at radius 2 is 2.07 bits per heavy atom. The summed E-state index contributed by atoms with van der Waals surface area (Å²) in [5.74, 6) is -0.415. The van der Waals surface area contributed by atoms with Gasteiger partial charge in [-0.2, -0.15) is 0 Å². The normalized spacial score (nSPS) is 20.7. The average molecular weight is 378 g/mol. The highest BCUT2D eigenvalue weighted by molar-refractivity contribution is 5.86. The van der Waals surface area contributed by atoms with Gasteiger partial charge in [-0.25, -0.2) is 0 Å². The fourth-order valence-corrected chi connectivity index (χ4v) is 3.35. The Kier molecular flexibility index (Phi) is 6.52. The smallest absolute Gasteiger partial charge is 0.308 e. The number of carbonyl (C=O) groups is 2. The number of carboxylic acids is 1. The van der Waals surface area contributed by atoms with Crippen LogP contribution in [0.1, 0.15) is 12.0 Å². The number of likely N-dealkylation sites (tertiary alicyclic amines) is 1. The quantitative estimate of drug-likeness (QED) is 0.717. The van der Waals surface area contributed by atoms with E-state index in [1.165, 1.54) is 0 Å². The van der Waals surface area contributed by atoms with E-state index < -0.39 is 11.9 Å². The highest BCUT2D eigenvalue weighted by Crippen LogP contribution is 2.29. The molecule has 0 saturated carbocycles. The van der Waals surface area contributed by atoms with Crippen LogP contribution in [0.3, 0.4) is 0 Å². The van der Waals surface area contributed by atoms with Crippen LogP contribution in [0.5, 0.6) is 11.5 Å². The molecular weight excluding hydrogens is 352 g/mol. The first kappa shape index (κ1) is 19.4. The molecule has 1 amide bonds. The largest absolute Gasteiger partial charge is 0.493 e. The molecule has 2 heterocycles. The summed E-state index contributed by atoms with van der Waals surface area (Å²) in [6.45, 7) is 5.26. The molecule has 3 rings (SSSR count). The number of morpholine rings is 1. The zero-order valence-corrected chi connectivity index (χ0v) is 15.6. The molecule has 2 aliphatic rings. The van der Waals surface area contributed by atoms with Gasteiger partial charge in [0.05, 0.1) is 26.2 Å². The van der Waals surface area contributed by atoms with Crippen molar-refractivity contribution in [3.05, 3.63) is 23.8 Å². The molecule has 27 heavy (non-hydrogen) atoms. The summed E-state index contributed by atoms with van der Waals surface area (Å²) in [6, 6.07) is 5.54. The third-order valence-electron chi connectivity index (χ3n) is 4.93. The maximum Gasteiger partial charge on any atom is 0.308 e. The molecule has 1 atom stereocenters. The second kappa shape index (κ2) is 9.05. The lowest BCUT2D eigenvalue weighted by Gasteiger charge is -2.26. The fraction of sp³-hybridized carbons (Fsp3) is 0.579. The van der Waals surface area contributed by atoms with Gasteiger partial charge in [-0.15, -0.1) is 0 Å². The van der Waals surface area contributed by atoms with E-state index in [2.05, 4.69) is 4.90 Å². The minimum absolute atomic E-state index is 0.0639. The van der Waals surface area contributed by atoms with Gasteiger partial charge in [-0.3, -0.25) is 14.5 Å². The summed E-state index contributed by atoms with van der Waals surface area (Å²) >= 11 is 0. The highest BCUT2D eigenvalue weighted by atomic mass is 16.5. The summed E-state index contributed by atoms with van der Waals surface area (Å²) in [5.41, 5.74) is 0.886. The Balaban J connectivity index is 1.59. The minimum Gasteiger partial charge on any atom is -0.493 e. The number of carbonyl (C=O) groups excluding carboxylic acids is 1. The van der Waals surface area contributed by atoms with E-state index in [9.17, 15) is 9.59 Å². The number of nitrogens with zero attached hydrogens (tertiary/aromatic N) is 2. The van der Waals surface area contributed by atoms with Crippen molar-refractivity contribution in [2.24, 2.45) is 5.92 Å². The van der Waals surface area contributed by atoms with Crippen LogP contribution in [0.4, 0.5) is 0 Å². The first-order chi connectivity index (χ1) is 13.1. The molecule has 8 nitrogen and oxygen atoms in total. The molecule has 0 radical (unpaired) electrons. The van der Waals surface area contributed by atoms with Crippen molar-refractivity contribution in [3.8, 4) is 11.5 Å². The van der Waals surface area contributed by atoms with Crippen molar-refractivity contribution in [2.75, 3.05) is 53.1 Å². The predicted octanol–water partition coefficient (Wildman–Crippen LogP) is 0.839. The minimum atomic E-state index is -0.923. The van der Waals surface area contributed by atoms with Crippen LogP contribution in [0.25, 0.3) is 0 Å². The fourth-order valence-electron chi connectivity index (χ4n) is 3.35. The van der Waals surface area contributed by atoms with E-state index in [1.807, 2.05) is 18.2 Å². The number of benzene rings is 1. The van der Waals surface area contributed by atoms with Crippen LogP contribution in [0, 0.1) is 5.92 Å². The van der Waals surface area contributed by atoms with Crippen LogP contribution in [0.2, 0.25) is 0 Å². The number of carboxylic acid groups (broad SMARTS) is 1. The Bertz CT molecular complexity index is 674. The molecule has 0 aliphatic carbocycles. The molecule has 2 fully saturated rings. The number of aliphatic carboxylic acids is 1. The monoisotopic (exact) mass is 378 g/mol. The molecule has 148 valence electrons. The van der Waals surface area contributed by atoms with Gasteiger partial charge in [0, 0.05) is 39.1 Å². The zero-order chi connectivity index (χ0) is 19.2. The molecule has 0 spiro atoms.